The maximum absolute atomic E-state index is 10.8. The molecule has 15 heavy (non-hydrogen) atoms. The van der Waals surface area contributed by atoms with Gasteiger partial charge in [-0.1, -0.05) is 12.1 Å². The van der Waals surface area contributed by atoms with Crippen LogP contribution in [-0.2, 0) is 17.6 Å². The van der Waals surface area contributed by atoms with Crippen LogP contribution in [0.1, 0.15) is 17.5 Å². The third kappa shape index (κ3) is 1.75. The van der Waals surface area contributed by atoms with Crippen molar-refractivity contribution >= 4 is 6.29 Å². The summed E-state index contributed by atoms with van der Waals surface area (Å²) in [7, 11) is 1.60. The molecule has 1 atom stereocenters. The van der Waals surface area contributed by atoms with Gasteiger partial charge in [0.15, 0.2) is 6.29 Å². The molecule has 0 saturated carbocycles. The second-order valence-corrected chi connectivity index (χ2v) is 4.00. The average molecular weight is 206 g/mol. The molecule has 0 fully saturated rings. The van der Waals surface area contributed by atoms with Crippen LogP contribution in [0.3, 0.4) is 0 Å². The van der Waals surface area contributed by atoms with Crippen LogP contribution >= 0.6 is 0 Å². The second kappa shape index (κ2) is 3.66. The van der Waals surface area contributed by atoms with E-state index in [1.165, 1.54) is 5.56 Å². The van der Waals surface area contributed by atoms with Gasteiger partial charge in [0.25, 0.3) is 0 Å². The minimum Gasteiger partial charge on any atom is -0.496 e. The number of aryl methyl sites for hydroxylation is 1. The van der Waals surface area contributed by atoms with Gasteiger partial charge in [0.1, 0.15) is 11.4 Å². The maximum atomic E-state index is 10.8. The van der Waals surface area contributed by atoms with Crippen molar-refractivity contribution in [3.8, 4) is 5.75 Å². The normalized spacial score (nSPS) is 24.4. The summed E-state index contributed by atoms with van der Waals surface area (Å²) in [5.74, 6) is 0.757. The maximum Gasteiger partial charge on any atom is 0.151 e. The molecule has 0 heterocycles. The van der Waals surface area contributed by atoms with E-state index < -0.39 is 5.60 Å². The van der Waals surface area contributed by atoms with Crippen molar-refractivity contribution in [2.45, 2.75) is 24.9 Å². The molecular weight excluding hydrogens is 192 g/mol. The summed E-state index contributed by atoms with van der Waals surface area (Å²) in [4.78, 5) is 10.8. The summed E-state index contributed by atoms with van der Waals surface area (Å²) in [6.45, 7) is 0. The lowest BCUT2D eigenvalue weighted by Crippen LogP contribution is -2.37. The molecular formula is C12H14O3. The molecule has 3 heteroatoms. The number of benzene rings is 1. The van der Waals surface area contributed by atoms with Gasteiger partial charge >= 0.3 is 0 Å². The van der Waals surface area contributed by atoms with Gasteiger partial charge < -0.3 is 14.6 Å². The molecule has 0 aromatic heterocycles. The molecule has 0 radical (unpaired) electrons. The zero-order chi connectivity index (χ0) is 10.9. The Labute approximate surface area is 88.7 Å². The smallest absolute Gasteiger partial charge is 0.151 e. The van der Waals surface area contributed by atoms with Gasteiger partial charge in [0.2, 0.25) is 0 Å². The minimum atomic E-state index is -1.21. The van der Waals surface area contributed by atoms with Crippen LogP contribution in [0.2, 0.25) is 0 Å². The van der Waals surface area contributed by atoms with Gasteiger partial charge in [0, 0.05) is 12.0 Å². The third-order valence-electron chi connectivity index (χ3n) is 2.98. The molecule has 0 spiro atoms. The molecule has 0 amide bonds. The SMILES string of the molecule is COc1cccc2c1CC(O)(C=O)CC2. The van der Waals surface area contributed by atoms with Crippen LogP contribution < -0.4 is 4.74 Å². The predicted octanol–water partition coefficient (Wildman–Crippen LogP) is 1.11. The van der Waals surface area contributed by atoms with Gasteiger partial charge in [-0.25, -0.2) is 0 Å². The summed E-state index contributed by atoms with van der Waals surface area (Å²) in [5.41, 5.74) is 0.920. The van der Waals surface area contributed by atoms with Crippen LogP contribution in [-0.4, -0.2) is 24.1 Å². The number of hydrogen-bond acceptors (Lipinski definition) is 3. The zero-order valence-electron chi connectivity index (χ0n) is 8.69. The van der Waals surface area contributed by atoms with E-state index in [9.17, 15) is 9.90 Å². The zero-order valence-corrected chi connectivity index (χ0v) is 8.69. The number of fused-ring (bicyclic) bond motifs is 1. The van der Waals surface area contributed by atoms with E-state index in [1.807, 2.05) is 18.2 Å². The first kappa shape index (κ1) is 10.2. The Hall–Kier alpha value is -1.35. The molecule has 0 aliphatic heterocycles. The lowest BCUT2D eigenvalue weighted by Gasteiger charge is -2.29. The second-order valence-electron chi connectivity index (χ2n) is 4.00. The molecule has 1 aliphatic carbocycles. The van der Waals surface area contributed by atoms with Gasteiger partial charge in [0.05, 0.1) is 7.11 Å². The topological polar surface area (TPSA) is 46.5 Å². The van der Waals surface area contributed by atoms with Crippen molar-refractivity contribution < 1.29 is 14.6 Å². The fraction of sp³-hybridized carbons (Fsp3) is 0.417. The summed E-state index contributed by atoms with van der Waals surface area (Å²) in [5, 5.41) is 9.92. The number of carbonyl (C=O) groups excluding carboxylic acids is 1. The molecule has 1 unspecified atom stereocenters. The monoisotopic (exact) mass is 206 g/mol. The van der Waals surface area contributed by atoms with Crippen molar-refractivity contribution in [2.24, 2.45) is 0 Å². The Morgan fingerprint density at radius 3 is 3.00 bits per heavy atom. The van der Waals surface area contributed by atoms with Crippen molar-refractivity contribution in [1.29, 1.82) is 0 Å². The van der Waals surface area contributed by atoms with E-state index in [1.54, 1.807) is 7.11 Å². The van der Waals surface area contributed by atoms with E-state index >= 15 is 0 Å². The van der Waals surface area contributed by atoms with E-state index in [2.05, 4.69) is 0 Å². The molecule has 3 nitrogen and oxygen atoms in total. The first-order valence-corrected chi connectivity index (χ1v) is 5.02. The Morgan fingerprint density at radius 1 is 1.53 bits per heavy atom. The molecule has 1 N–H and O–H groups in total. The Kier molecular flexibility index (Phi) is 2.49. The lowest BCUT2D eigenvalue weighted by molar-refractivity contribution is -0.125. The van der Waals surface area contributed by atoms with Crippen molar-refractivity contribution in [2.75, 3.05) is 7.11 Å². The molecule has 1 aliphatic rings. The van der Waals surface area contributed by atoms with Crippen molar-refractivity contribution in [3.05, 3.63) is 29.3 Å². The van der Waals surface area contributed by atoms with Crippen LogP contribution in [0.15, 0.2) is 18.2 Å². The first-order valence-electron chi connectivity index (χ1n) is 5.02. The van der Waals surface area contributed by atoms with Crippen LogP contribution in [0.4, 0.5) is 0 Å². The van der Waals surface area contributed by atoms with Gasteiger partial charge in [-0.2, -0.15) is 0 Å². The van der Waals surface area contributed by atoms with E-state index in [-0.39, 0.29) is 0 Å². The number of aldehydes is 1. The highest BCUT2D eigenvalue weighted by Crippen LogP contribution is 2.33. The van der Waals surface area contributed by atoms with Gasteiger partial charge in [-0.15, -0.1) is 0 Å². The summed E-state index contributed by atoms with van der Waals surface area (Å²) < 4.78 is 5.22. The van der Waals surface area contributed by atoms with Crippen LogP contribution in [0.25, 0.3) is 0 Å². The molecule has 2 rings (SSSR count). The standard InChI is InChI=1S/C12H14O3/c1-15-11-4-2-3-9-5-6-12(14,8-13)7-10(9)11/h2-4,8,14H,5-7H2,1H3. The molecule has 1 aromatic carbocycles. The van der Waals surface area contributed by atoms with E-state index in [0.29, 0.717) is 19.1 Å². The van der Waals surface area contributed by atoms with E-state index in [4.69, 9.17) is 4.74 Å². The fourth-order valence-corrected chi connectivity index (χ4v) is 2.08. The summed E-state index contributed by atoms with van der Waals surface area (Å²) in [6.07, 6.45) is 2.22. The van der Waals surface area contributed by atoms with Gasteiger partial charge in [-0.3, -0.25) is 0 Å². The first-order chi connectivity index (χ1) is 7.18. The van der Waals surface area contributed by atoms with Gasteiger partial charge in [-0.05, 0) is 24.5 Å². The van der Waals surface area contributed by atoms with Crippen LogP contribution in [0.5, 0.6) is 5.75 Å². The number of carbonyl (C=O) groups is 1. The summed E-state index contributed by atoms with van der Waals surface area (Å²) in [6, 6.07) is 5.81. The summed E-state index contributed by atoms with van der Waals surface area (Å²) >= 11 is 0. The van der Waals surface area contributed by atoms with E-state index in [0.717, 1.165) is 17.7 Å². The molecule has 0 bridgehead atoms. The van der Waals surface area contributed by atoms with Crippen molar-refractivity contribution in [3.63, 3.8) is 0 Å². The number of rotatable bonds is 2. The molecule has 0 saturated heterocycles. The Bertz CT molecular complexity index is 372. The highest BCUT2D eigenvalue weighted by molar-refractivity contribution is 5.65. The van der Waals surface area contributed by atoms with Crippen molar-refractivity contribution in [1.82, 2.24) is 0 Å². The minimum absolute atomic E-state index is 0.357. The van der Waals surface area contributed by atoms with Crippen LogP contribution in [0, 0.1) is 0 Å². The number of aliphatic hydroxyl groups is 1. The average Bonchev–Trinajstić information content (AvgIpc) is 2.28. The third-order valence-corrected chi connectivity index (χ3v) is 2.98. The predicted molar refractivity (Wildman–Crippen MR) is 56.0 cm³/mol. The number of methoxy groups -OCH3 is 1. The fourth-order valence-electron chi connectivity index (χ4n) is 2.08. The Morgan fingerprint density at radius 2 is 2.33 bits per heavy atom. The quantitative estimate of drug-likeness (QED) is 0.737. The highest BCUT2D eigenvalue weighted by atomic mass is 16.5. The molecule has 80 valence electrons. The largest absolute Gasteiger partial charge is 0.496 e. The number of hydrogen-bond donors (Lipinski definition) is 1. The highest BCUT2D eigenvalue weighted by Gasteiger charge is 2.33. The Balaban J connectivity index is 2.42. The lowest BCUT2D eigenvalue weighted by atomic mass is 9.81. The number of ether oxygens (including phenoxy) is 1. The molecule has 1 aromatic rings.